The number of rotatable bonds is 5. The molecule has 0 unspecified atom stereocenters. The number of aromatic nitrogens is 1. The fraction of sp³-hybridized carbons (Fsp3) is 0.500. The lowest BCUT2D eigenvalue weighted by molar-refractivity contribution is 0.0683. The highest BCUT2D eigenvalue weighted by atomic mass is 16.6. The van der Waals surface area contributed by atoms with Gasteiger partial charge in [0.25, 0.3) is 0 Å². The zero-order chi connectivity index (χ0) is 10.6. The lowest BCUT2D eigenvalue weighted by Crippen LogP contribution is -2.01. The second-order valence-corrected chi connectivity index (χ2v) is 2.41. The first-order valence-corrected chi connectivity index (χ1v) is 4.03. The Hall–Kier alpha value is -1.56. The van der Waals surface area contributed by atoms with E-state index < -0.39 is 5.97 Å². The molecule has 6 heteroatoms. The van der Waals surface area contributed by atoms with Crippen LogP contribution in [0.25, 0.3) is 0 Å². The van der Waals surface area contributed by atoms with Gasteiger partial charge in [-0.05, 0) is 6.92 Å². The van der Waals surface area contributed by atoms with E-state index >= 15 is 0 Å². The quantitative estimate of drug-likeness (QED) is 0.762. The number of hydrogen-bond donors (Lipinski definition) is 1. The molecule has 0 bridgehead atoms. The van der Waals surface area contributed by atoms with Gasteiger partial charge in [0.2, 0.25) is 11.6 Å². The molecule has 0 amide bonds. The summed E-state index contributed by atoms with van der Waals surface area (Å²) in [6.45, 7) is 2.17. The summed E-state index contributed by atoms with van der Waals surface area (Å²) in [5, 5.41) is 8.73. The van der Waals surface area contributed by atoms with Gasteiger partial charge in [0.1, 0.15) is 6.61 Å². The van der Waals surface area contributed by atoms with E-state index in [1.807, 2.05) is 0 Å². The summed E-state index contributed by atoms with van der Waals surface area (Å²) < 4.78 is 14.7. The van der Waals surface area contributed by atoms with Crippen LogP contribution in [0.3, 0.4) is 0 Å². The number of oxazole rings is 1. The maximum absolute atomic E-state index is 10.7. The van der Waals surface area contributed by atoms with Gasteiger partial charge >= 0.3 is 11.9 Å². The first-order valence-electron chi connectivity index (χ1n) is 4.03. The first kappa shape index (κ1) is 10.5. The fourth-order valence-corrected chi connectivity index (χ4v) is 0.898. The van der Waals surface area contributed by atoms with Gasteiger partial charge in [0.05, 0.1) is 6.61 Å². The molecule has 0 fully saturated rings. The van der Waals surface area contributed by atoms with Crippen molar-refractivity contribution in [3.05, 3.63) is 11.6 Å². The molecular weight excluding hydrogens is 190 g/mol. The monoisotopic (exact) mass is 201 g/mol. The van der Waals surface area contributed by atoms with Crippen LogP contribution < -0.4 is 4.74 Å². The highest BCUT2D eigenvalue weighted by molar-refractivity contribution is 5.87. The molecule has 1 aromatic heterocycles. The number of carbonyl (C=O) groups is 1. The number of ether oxygens (including phenoxy) is 2. The van der Waals surface area contributed by atoms with Crippen LogP contribution >= 0.6 is 0 Å². The summed E-state index contributed by atoms with van der Waals surface area (Å²) >= 11 is 0. The molecule has 0 saturated heterocycles. The summed E-state index contributed by atoms with van der Waals surface area (Å²) in [5.74, 6) is -1.07. The molecule has 0 aliphatic heterocycles. The summed E-state index contributed by atoms with van der Waals surface area (Å²) in [7, 11) is 1.46. The van der Waals surface area contributed by atoms with Gasteiger partial charge < -0.3 is 19.0 Å². The number of aromatic carboxylic acids is 1. The van der Waals surface area contributed by atoms with Crippen LogP contribution in [0.4, 0.5) is 0 Å². The van der Waals surface area contributed by atoms with Crippen LogP contribution in [0.5, 0.6) is 5.95 Å². The van der Waals surface area contributed by atoms with E-state index in [1.165, 1.54) is 7.11 Å². The van der Waals surface area contributed by atoms with Crippen molar-refractivity contribution in [3.63, 3.8) is 0 Å². The van der Waals surface area contributed by atoms with E-state index in [0.717, 1.165) is 0 Å². The van der Waals surface area contributed by atoms with Crippen molar-refractivity contribution in [1.29, 1.82) is 0 Å². The van der Waals surface area contributed by atoms with Gasteiger partial charge in [-0.1, -0.05) is 0 Å². The minimum atomic E-state index is -1.18. The molecule has 1 N–H and O–H groups in total. The average Bonchev–Trinajstić information content (AvgIpc) is 2.49. The van der Waals surface area contributed by atoms with Crippen LogP contribution in [-0.4, -0.2) is 29.8 Å². The molecule has 78 valence electrons. The van der Waals surface area contributed by atoms with Crippen LogP contribution in [0.15, 0.2) is 4.42 Å². The van der Waals surface area contributed by atoms with Gasteiger partial charge in [-0.15, -0.1) is 0 Å². The number of hydrogen-bond acceptors (Lipinski definition) is 5. The van der Waals surface area contributed by atoms with Crippen LogP contribution in [0, 0.1) is 0 Å². The van der Waals surface area contributed by atoms with Crippen molar-refractivity contribution in [2.45, 2.75) is 13.5 Å². The Labute approximate surface area is 80.5 Å². The minimum absolute atomic E-state index is 0.0768. The van der Waals surface area contributed by atoms with Gasteiger partial charge in [0.15, 0.2) is 0 Å². The molecule has 1 aromatic rings. The zero-order valence-corrected chi connectivity index (χ0v) is 7.94. The Kier molecular flexibility index (Phi) is 3.47. The number of carboxylic acid groups (broad SMARTS) is 1. The SMILES string of the molecule is CCOc1oc(COC)nc1C(=O)O. The Morgan fingerprint density at radius 1 is 1.64 bits per heavy atom. The van der Waals surface area contributed by atoms with E-state index in [0.29, 0.717) is 6.61 Å². The van der Waals surface area contributed by atoms with E-state index in [9.17, 15) is 4.79 Å². The highest BCUT2D eigenvalue weighted by Crippen LogP contribution is 2.20. The molecule has 0 aliphatic carbocycles. The molecule has 0 saturated carbocycles. The Balaban J connectivity index is 2.93. The lowest BCUT2D eigenvalue weighted by atomic mass is 10.5. The van der Waals surface area contributed by atoms with E-state index in [4.69, 9.17) is 19.0 Å². The second-order valence-electron chi connectivity index (χ2n) is 2.41. The molecule has 0 aliphatic rings. The molecule has 0 aromatic carbocycles. The number of carboxylic acids is 1. The van der Waals surface area contributed by atoms with Crippen molar-refractivity contribution < 1.29 is 23.8 Å². The lowest BCUT2D eigenvalue weighted by Gasteiger charge is -1.96. The Morgan fingerprint density at radius 3 is 2.86 bits per heavy atom. The van der Waals surface area contributed by atoms with Gasteiger partial charge in [-0.3, -0.25) is 0 Å². The molecule has 1 heterocycles. The minimum Gasteiger partial charge on any atom is -0.476 e. The summed E-state index contributed by atoms with van der Waals surface area (Å²) in [5.41, 5.74) is -0.223. The maximum atomic E-state index is 10.7. The first-order chi connectivity index (χ1) is 6.69. The molecule has 6 nitrogen and oxygen atoms in total. The zero-order valence-electron chi connectivity index (χ0n) is 7.94. The summed E-state index contributed by atoms with van der Waals surface area (Å²) in [6.07, 6.45) is 0. The van der Waals surface area contributed by atoms with Crippen molar-refractivity contribution in [2.24, 2.45) is 0 Å². The third kappa shape index (κ3) is 2.23. The predicted octanol–water partition coefficient (Wildman–Crippen LogP) is 0.918. The number of nitrogens with zero attached hydrogens (tertiary/aromatic N) is 1. The van der Waals surface area contributed by atoms with Crippen molar-refractivity contribution in [1.82, 2.24) is 4.98 Å². The van der Waals surface area contributed by atoms with Gasteiger partial charge in [-0.2, -0.15) is 0 Å². The number of methoxy groups -OCH3 is 1. The molecule has 0 spiro atoms. The molecule has 0 atom stereocenters. The third-order valence-electron chi connectivity index (χ3n) is 1.39. The van der Waals surface area contributed by atoms with Crippen molar-refractivity contribution >= 4 is 5.97 Å². The van der Waals surface area contributed by atoms with Crippen molar-refractivity contribution in [2.75, 3.05) is 13.7 Å². The third-order valence-corrected chi connectivity index (χ3v) is 1.39. The summed E-state index contributed by atoms with van der Waals surface area (Å²) in [6, 6.07) is 0. The van der Waals surface area contributed by atoms with Gasteiger partial charge in [-0.25, -0.2) is 9.78 Å². The largest absolute Gasteiger partial charge is 0.476 e. The smallest absolute Gasteiger partial charge is 0.362 e. The van der Waals surface area contributed by atoms with Crippen LogP contribution in [-0.2, 0) is 11.3 Å². The van der Waals surface area contributed by atoms with Crippen LogP contribution in [0.2, 0.25) is 0 Å². The summed E-state index contributed by atoms with van der Waals surface area (Å²) in [4.78, 5) is 14.4. The Bertz CT molecular complexity index is 320. The van der Waals surface area contributed by atoms with E-state index in [2.05, 4.69) is 4.98 Å². The maximum Gasteiger partial charge on any atom is 0.362 e. The normalized spacial score (nSPS) is 10.1. The standard InChI is InChI=1S/C8H11NO5/c1-3-13-8-6(7(10)11)9-5(14-8)4-12-2/h3-4H2,1-2H3,(H,10,11). The molecule has 0 radical (unpaired) electrons. The van der Waals surface area contributed by atoms with E-state index in [1.54, 1.807) is 6.92 Å². The second kappa shape index (κ2) is 4.61. The predicted molar refractivity (Wildman–Crippen MR) is 45.3 cm³/mol. The average molecular weight is 201 g/mol. The van der Waals surface area contributed by atoms with Crippen molar-refractivity contribution in [3.8, 4) is 5.95 Å². The molecule has 14 heavy (non-hydrogen) atoms. The fourth-order valence-electron chi connectivity index (χ4n) is 0.898. The Morgan fingerprint density at radius 2 is 2.36 bits per heavy atom. The highest BCUT2D eigenvalue weighted by Gasteiger charge is 2.20. The van der Waals surface area contributed by atoms with Crippen LogP contribution in [0.1, 0.15) is 23.3 Å². The van der Waals surface area contributed by atoms with Gasteiger partial charge in [0, 0.05) is 7.11 Å². The topological polar surface area (TPSA) is 81.8 Å². The van der Waals surface area contributed by atoms with E-state index in [-0.39, 0.29) is 24.1 Å². The molecule has 1 rings (SSSR count). The molecular formula is C8H11NO5.